The maximum atomic E-state index is 11.8. The Balaban J connectivity index is 2.43. The molecule has 0 aliphatic rings. The third kappa shape index (κ3) is 5.09. The number of aliphatic carboxylic acids is 1. The number of hydrazine groups is 1. The van der Waals surface area contributed by atoms with E-state index in [0.29, 0.717) is 5.56 Å². The van der Waals surface area contributed by atoms with Crippen molar-refractivity contribution >= 4 is 17.8 Å². The van der Waals surface area contributed by atoms with E-state index in [4.69, 9.17) is 5.11 Å². The summed E-state index contributed by atoms with van der Waals surface area (Å²) in [5, 5.41) is 8.44. The number of hydrogen-bond acceptors (Lipinski definition) is 3. The highest BCUT2D eigenvalue weighted by atomic mass is 16.4. The van der Waals surface area contributed by atoms with Crippen LogP contribution in [0.4, 0.5) is 0 Å². The predicted molar refractivity (Wildman–Crippen MR) is 73.0 cm³/mol. The molecule has 0 saturated carbocycles. The Morgan fingerprint density at radius 1 is 1.10 bits per heavy atom. The van der Waals surface area contributed by atoms with Gasteiger partial charge in [-0.25, -0.2) is 0 Å². The summed E-state index contributed by atoms with van der Waals surface area (Å²) in [5.41, 5.74) is 6.94. The number of benzene rings is 1. The van der Waals surface area contributed by atoms with Crippen LogP contribution in [0.3, 0.4) is 0 Å². The second-order valence-electron chi connectivity index (χ2n) is 4.57. The molecule has 1 rings (SSSR count). The molecule has 0 spiro atoms. The van der Waals surface area contributed by atoms with Crippen LogP contribution in [-0.4, -0.2) is 22.9 Å². The van der Waals surface area contributed by atoms with Gasteiger partial charge in [0.25, 0.3) is 5.91 Å². The van der Waals surface area contributed by atoms with Crippen molar-refractivity contribution in [2.24, 2.45) is 0 Å². The summed E-state index contributed by atoms with van der Waals surface area (Å²) >= 11 is 0. The van der Waals surface area contributed by atoms with Gasteiger partial charge < -0.3 is 5.11 Å². The number of aryl methyl sites for hydroxylation is 2. The monoisotopic (exact) mass is 278 g/mol. The standard InChI is InChI=1S/C14H18N2O4/c1-9-6-7-11(10(2)8-9)14(20)16-15-12(17)4-3-5-13(18)19/h6-8H,3-5H2,1-2H3,(H,15,17)(H,16,20)(H,18,19). The molecule has 6 heteroatoms. The molecule has 0 unspecified atom stereocenters. The molecule has 6 nitrogen and oxygen atoms in total. The Labute approximate surface area is 117 Å². The third-order valence-electron chi connectivity index (χ3n) is 2.74. The molecule has 1 aromatic rings. The van der Waals surface area contributed by atoms with Gasteiger partial charge in [-0.05, 0) is 31.9 Å². The van der Waals surface area contributed by atoms with E-state index >= 15 is 0 Å². The molecule has 0 atom stereocenters. The van der Waals surface area contributed by atoms with Crippen LogP contribution in [-0.2, 0) is 9.59 Å². The smallest absolute Gasteiger partial charge is 0.303 e. The molecule has 0 saturated heterocycles. The normalized spacial score (nSPS) is 9.90. The molecule has 0 aliphatic carbocycles. The Morgan fingerprint density at radius 3 is 2.40 bits per heavy atom. The second-order valence-corrected chi connectivity index (χ2v) is 4.57. The van der Waals surface area contributed by atoms with Crippen molar-refractivity contribution in [3.05, 3.63) is 34.9 Å². The highest BCUT2D eigenvalue weighted by Crippen LogP contribution is 2.09. The van der Waals surface area contributed by atoms with Gasteiger partial charge >= 0.3 is 5.97 Å². The zero-order valence-electron chi connectivity index (χ0n) is 11.5. The molecule has 0 radical (unpaired) electrons. The van der Waals surface area contributed by atoms with Crippen LogP contribution in [0.1, 0.15) is 40.7 Å². The average Bonchev–Trinajstić information content (AvgIpc) is 2.35. The number of hydrogen-bond donors (Lipinski definition) is 3. The summed E-state index contributed by atoms with van der Waals surface area (Å²) in [6.45, 7) is 3.75. The third-order valence-corrected chi connectivity index (χ3v) is 2.74. The lowest BCUT2D eigenvalue weighted by molar-refractivity contribution is -0.137. The summed E-state index contributed by atoms with van der Waals surface area (Å²) in [6, 6.07) is 5.39. The van der Waals surface area contributed by atoms with Crippen LogP contribution in [0.25, 0.3) is 0 Å². The number of rotatable bonds is 5. The van der Waals surface area contributed by atoms with Gasteiger partial charge in [0.15, 0.2) is 0 Å². The van der Waals surface area contributed by atoms with Crippen molar-refractivity contribution < 1.29 is 19.5 Å². The van der Waals surface area contributed by atoms with Crippen LogP contribution < -0.4 is 10.9 Å². The summed E-state index contributed by atoms with van der Waals surface area (Å²) in [5.74, 6) is -1.75. The summed E-state index contributed by atoms with van der Waals surface area (Å²) in [4.78, 5) is 33.5. The highest BCUT2D eigenvalue weighted by molar-refractivity contribution is 5.96. The van der Waals surface area contributed by atoms with Gasteiger partial charge in [0, 0.05) is 18.4 Å². The molecule has 108 valence electrons. The Morgan fingerprint density at radius 2 is 1.80 bits per heavy atom. The predicted octanol–water partition coefficient (Wildman–Crippen LogP) is 1.32. The number of carboxylic acids is 1. The Hall–Kier alpha value is -2.37. The molecular weight excluding hydrogens is 260 g/mol. The van der Waals surface area contributed by atoms with Gasteiger partial charge in [-0.3, -0.25) is 25.2 Å². The molecule has 0 aromatic heterocycles. The van der Waals surface area contributed by atoms with E-state index in [9.17, 15) is 14.4 Å². The van der Waals surface area contributed by atoms with Crippen LogP contribution in [0.15, 0.2) is 18.2 Å². The quantitative estimate of drug-likeness (QED) is 0.708. The molecule has 0 bridgehead atoms. The van der Waals surface area contributed by atoms with Crippen LogP contribution in [0.5, 0.6) is 0 Å². The molecule has 0 heterocycles. The van der Waals surface area contributed by atoms with E-state index in [1.165, 1.54) is 0 Å². The van der Waals surface area contributed by atoms with E-state index in [1.807, 2.05) is 26.0 Å². The highest BCUT2D eigenvalue weighted by Gasteiger charge is 2.10. The van der Waals surface area contributed by atoms with E-state index in [1.54, 1.807) is 6.07 Å². The maximum absolute atomic E-state index is 11.8. The van der Waals surface area contributed by atoms with Crippen LogP contribution in [0, 0.1) is 13.8 Å². The first-order chi connectivity index (χ1) is 9.40. The molecular formula is C14H18N2O4. The number of carbonyl (C=O) groups is 3. The Kier molecular flexibility index (Phi) is 5.71. The molecule has 1 aromatic carbocycles. The minimum atomic E-state index is -0.947. The van der Waals surface area contributed by atoms with E-state index in [0.717, 1.165) is 11.1 Å². The number of amides is 2. The summed E-state index contributed by atoms with van der Waals surface area (Å²) in [7, 11) is 0. The first-order valence-electron chi connectivity index (χ1n) is 6.28. The summed E-state index contributed by atoms with van der Waals surface area (Å²) in [6.07, 6.45) is 0.221. The zero-order chi connectivity index (χ0) is 15.1. The molecule has 20 heavy (non-hydrogen) atoms. The van der Waals surface area contributed by atoms with Crippen LogP contribution in [0.2, 0.25) is 0 Å². The minimum absolute atomic E-state index is 0.0550. The van der Waals surface area contributed by atoms with Crippen LogP contribution >= 0.6 is 0 Å². The lowest BCUT2D eigenvalue weighted by Gasteiger charge is -2.09. The molecule has 3 N–H and O–H groups in total. The van der Waals surface area contributed by atoms with Crippen molar-refractivity contribution in [1.82, 2.24) is 10.9 Å². The fourth-order valence-electron chi connectivity index (χ4n) is 1.72. The molecule has 0 aliphatic heterocycles. The SMILES string of the molecule is Cc1ccc(C(=O)NNC(=O)CCCC(=O)O)c(C)c1. The van der Waals surface area contributed by atoms with Crippen molar-refractivity contribution in [2.45, 2.75) is 33.1 Å². The van der Waals surface area contributed by atoms with Crippen molar-refractivity contribution in [3.8, 4) is 0 Å². The molecule has 2 amide bonds. The second kappa shape index (κ2) is 7.28. The fraction of sp³-hybridized carbons (Fsp3) is 0.357. The van der Waals surface area contributed by atoms with Gasteiger partial charge in [-0.15, -0.1) is 0 Å². The number of nitrogens with one attached hydrogen (secondary N) is 2. The molecule has 0 fully saturated rings. The maximum Gasteiger partial charge on any atom is 0.303 e. The minimum Gasteiger partial charge on any atom is -0.481 e. The lowest BCUT2D eigenvalue weighted by Crippen LogP contribution is -2.41. The van der Waals surface area contributed by atoms with Gasteiger partial charge in [-0.1, -0.05) is 17.7 Å². The summed E-state index contributed by atoms with van der Waals surface area (Å²) < 4.78 is 0. The van der Waals surface area contributed by atoms with Gasteiger partial charge in [0.1, 0.15) is 0 Å². The lowest BCUT2D eigenvalue weighted by atomic mass is 10.1. The largest absolute Gasteiger partial charge is 0.481 e. The van der Waals surface area contributed by atoms with Gasteiger partial charge in [0.05, 0.1) is 0 Å². The van der Waals surface area contributed by atoms with Gasteiger partial charge in [0.2, 0.25) is 5.91 Å². The average molecular weight is 278 g/mol. The van der Waals surface area contributed by atoms with E-state index < -0.39 is 17.8 Å². The topological polar surface area (TPSA) is 95.5 Å². The number of carboxylic acid groups (broad SMARTS) is 1. The first-order valence-corrected chi connectivity index (χ1v) is 6.28. The van der Waals surface area contributed by atoms with E-state index in [-0.39, 0.29) is 19.3 Å². The first kappa shape index (κ1) is 15.7. The van der Waals surface area contributed by atoms with Gasteiger partial charge in [-0.2, -0.15) is 0 Å². The van der Waals surface area contributed by atoms with Crippen molar-refractivity contribution in [2.75, 3.05) is 0 Å². The Bertz CT molecular complexity index is 526. The fourth-order valence-corrected chi connectivity index (χ4v) is 1.72. The van der Waals surface area contributed by atoms with Crippen molar-refractivity contribution in [1.29, 1.82) is 0 Å². The van der Waals surface area contributed by atoms with E-state index in [2.05, 4.69) is 10.9 Å². The van der Waals surface area contributed by atoms with Crippen molar-refractivity contribution in [3.63, 3.8) is 0 Å². The zero-order valence-corrected chi connectivity index (χ0v) is 11.5. The number of carbonyl (C=O) groups excluding carboxylic acids is 2.